The number of ether oxygens (including phenoxy) is 2. The van der Waals surface area contributed by atoms with Gasteiger partial charge in [-0.05, 0) is 48.9 Å². The molecule has 2 aromatic heterocycles. The van der Waals surface area contributed by atoms with Crippen molar-refractivity contribution in [3.63, 3.8) is 0 Å². The quantitative estimate of drug-likeness (QED) is 0.458. The van der Waals surface area contributed by atoms with Crippen LogP contribution in [-0.2, 0) is 13.1 Å². The van der Waals surface area contributed by atoms with E-state index < -0.39 is 0 Å². The first-order valence-electron chi connectivity index (χ1n) is 9.08. The van der Waals surface area contributed by atoms with Crippen LogP contribution in [0, 0.1) is 0 Å². The molecule has 1 aromatic carbocycles. The predicted molar refractivity (Wildman–Crippen MR) is 108 cm³/mol. The van der Waals surface area contributed by atoms with Crippen LogP contribution >= 0.6 is 0 Å². The minimum Gasteiger partial charge on any atom is -0.497 e. The van der Waals surface area contributed by atoms with Crippen LogP contribution in [0.2, 0.25) is 0 Å². The number of hydrogen-bond acceptors (Lipinski definition) is 5. The van der Waals surface area contributed by atoms with Crippen molar-refractivity contribution in [1.29, 1.82) is 0 Å². The van der Waals surface area contributed by atoms with Crippen LogP contribution in [0.3, 0.4) is 0 Å². The fourth-order valence-corrected chi connectivity index (χ4v) is 2.43. The predicted octanol–water partition coefficient (Wildman–Crippen LogP) is 3.73. The van der Waals surface area contributed by atoms with Gasteiger partial charge in [0.1, 0.15) is 17.3 Å². The number of methoxy groups -OCH3 is 1. The van der Waals surface area contributed by atoms with E-state index in [1.807, 2.05) is 55.5 Å². The molecule has 0 aliphatic carbocycles. The summed E-state index contributed by atoms with van der Waals surface area (Å²) in [5.74, 6) is 3.59. The molecule has 0 atom stereocenters. The number of rotatable bonds is 8. The lowest BCUT2D eigenvalue weighted by Gasteiger charge is -2.10. The molecule has 0 unspecified atom stereocenters. The van der Waals surface area contributed by atoms with Gasteiger partial charge in [0, 0.05) is 18.8 Å². The molecule has 0 aliphatic heterocycles. The van der Waals surface area contributed by atoms with Gasteiger partial charge in [-0.15, -0.1) is 0 Å². The summed E-state index contributed by atoms with van der Waals surface area (Å²) in [5, 5.41) is 6.45. The Bertz CT molecular complexity index is 860. The Balaban J connectivity index is 1.55. The normalized spacial score (nSPS) is 11.1. The van der Waals surface area contributed by atoms with E-state index in [-0.39, 0.29) is 0 Å². The lowest BCUT2D eigenvalue weighted by molar-refractivity contribution is 0.412. The van der Waals surface area contributed by atoms with Gasteiger partial charge in [-0.1, -0.05) is 6.07 Å². The van der Waals surface area contributed by atoms with Crippen molar-refractivity contribution >= 4 is 5.96 Å². The first-order chi connectivity index (χ1) is 13.8. The molecule has 0 aliphatic rings. The Morgan fingerprint density at radius 1 is 1.07 bits per heavy atom. The lowest BCUT2D eigenvalue weighted by Crippen LogP contribution is -2.36. The maximum absolute atomic E-state index is 5.74. The summed E-state index contributed by atoms with van der Waals surface area (Å²) in [7, 11) is 1.63. The van der Waals surface area contributed by atoms with Crippen molar-refractivity contribution in [3.8, 4) is 17.4 Å². The van der Waals surface area contributed by atoms with E-state index in [1.54, 1.807) is 19.6 Å². The average Bonchev–Trinajstić information content (AvgIpc) is 3.25. The highest BCUT2D eigenvalue weighted by Gasteiger charge is 2.02. The van der Waals surface area contributed by atoms with E-state index in [0.29, 0.717) is 24.7 Å². The molecule has 0 radical (unpaired) electrons. The van der Waals surface area contributed by atoms with Crippen LogP contribution in [-0.4, -0.2) is 24.6 Å². The fourth-order valence-electron chi connectivity index (χ4n) is 2.43. The molecule has 0 saturated carbocycles. The van der Waals surface area contributed by atoms with Gasteiger partial charge in [-0.2, -0.15) is 0 Å². The van der Waals surface area contributed by atoms with Gasteiger partial charge < -0.3 is 24.5 Å². The molecule has 2 N–H and O–H groups in total. The summed E-state index contributed by atoms with van der Waals surface area (Å²) in [5.41, 5.74) is 0.984. The summed E-state index contributed by atoms with van der Waals surface area (Å²) in [6.07, 6.45) is 3.42. The number of nitrogens with zero attached hydrogens (tertiary/aromatic N) is 2. The Labute approximate surface area is 164 Å². The third kappa shape index (κ3) is 5.77. The molecular formula is C21H24N4O3. The number of aromatic nitrogens is 1. The standard InChI is InChI=1S/C21H24N4O3/c1-3-22-21(25-15-19-5-4-12-27-19)24-14-16-6-11-20(23-13-16)28-18-9-7-17(26-2)8-10-18/h4-13H,3,14-15H2,1-2H3,(H2,22,24,25). The molecule has 28 heavy (non-hydrogen) atoms. The fraction of sp³-hybridized carbons (Fsp3) is 0.238. The smallest absolute Gasteiger partial charge is 0.219 e. The molecular weight excluding hydrogens is 356 g/mol. The van der Waals surface area contributed by atoms with Crippen LogP contribution in [0.1, 0.15) is 18.2 Å². The molecule has 0 saturated heterocycles. The number of guanidine groups is 1. The van der Waals surface area contributed by atoms with Crippen LogP contribution < -0.4 is 20.1 Å². The van der Waals surface area contributed by atoms with Crippen molar-refractivity contribution in [2.45, 2.75) is 20.0 Å². The maximum atomic E-state index is 5.74. The van der Waals surface area contributed by atoms with Gasteiger partial charge in [0.2, 0.25) is 5.88 Å². The molecule has 0 amide bonds. The summed E-state index contributed by atoms with van der Waals surface area (Å²) < 4.78 is 16.2. The molecule has 7 nitrogen and oxygen atoms in total. The van der Waals surface area contributed by atoms with Gasteiger partial charge in [0.25, 0.3) is 0 Å². The number of nitrogens with one attached hydrogen (secondary N) is 2. The van der Waals surface area contributed by atoms with Gasteiger partial charge in [-0.3, -0.25) is 0 Å². The van der Waals surface area contributed by atoms with E-state index in [2.05, 4.69) is 20.6 Å². The zero-order valence-corrected chi connectivity index (χ0v) is 16.0. The highest BCUT2D eigenvalue weighted by molar-refractivity contribution is 5.79. The Morgan fingerprint density at radius 2 is 1.89 bits per heavy atom. The molecule has 3 rings (SSSR count). The third-order valence-electron chi connectivity index (χ3n) is 3.85. The van der Waals surface area contributed by atoms with Crippen molar-refractivity contribution in [2.24, 2.45) is 4.99 Å². The minimum atomic E-state index is 0.503. The molecule has 2 heterocycles. The van der Waals surface area contributed by atoms with Crippen LogP contribution in [0.15, 0.2) is 70.4 Å². The van der Waals surface area contributed by atoms with Crippen molar-refractivity contribution < 1.29 is 13.9 Å². The largest absolute Gasteiger partial charge is 0.497 e. The number of aliphatic imine (C=N–C) groups is 1. The zero-order chi connectivity index (χ0) is 19.6. The maximum Gasteiger partial charge on any atom is 0.219 e. The van der Waals surface area contributed by atoms with Crippen molar-refractivity contribution in [2.75, 3.05) is 13.7 Å². The van der Waals surface area contributed by atoms with Crippen LogP contribution in [0.4, 0.5) is 0 Å². The second-order valence-corrected chi connectivity index (χ2v) is 5.91. The van der Waals surface area contributed by atoms with Crippen molar-refractivity contribution in [3.05, 3.63) is 72.3 Å². The first-order valence-corrected chi connectivity index (χ1v) is 9.08. The van der Waals surface area contributed by atoms with Gasteiger partial charge in [0.15, 0.2) is 5.96 Å². The summed E-state index contributed by atoms with van der Waals surface area (Å²) in [6, 6.07) is 14.9. The summed E-state index contributed by atoms with van der Waals surface area (Å²) in [6.45, 7) is 3.88. The topological polar surface area (TPSA) is 80.9 Å². The van der Waals surface area contributed by atoms with Gasteiger partial charge >= 0.3 is 0 Å². The van der Waals surface area contributed by atoms with E-state index in [4.69, 9.17) is 13.9 Å². The molecule has 0 spiro atoms. The number of benzene rings is 1. The minimum absolute atomic E-state index is 0.503. The first kappa shape index (κ1) is 19.3. The number of hydrogen-bond donors (Lipinski definition) is 2. The van der Waals surface area contributed by atoms with Gasteiger partial charge in [-0.25, -0.2) is 9.98 Å². The zero-order valence-electron chi connectivity index (χ0n) is 16.0. The second kappa shape index (κ2) is 10.0. The average molecular weight is 380 g/mol. The number of pyridine rings is 1. The summed E-state index contributed by atoms with van der Waals surface area (Å²) in [4.78, 5) is 8.92. The van der Waals surface area contributed by atoms with Crippen LogP contribution in [0.25, 0.3) is 0 Å². The Hall–Kier alpha value is -3.48. The van der Waals surface area contributed by atoms with Crippen LogP contribution in [0.5, 0.6) is 17.4 Å². The molecule has 146 valence electrons. The lowest BCUT2D eigenvalue weighted by atomic mass is 10.3. The number of furan rings is 1. The SMILES string of the molecule is CCNC(=NCc1ccc(Oc2ccc(OC)cc2)nc1)NCc1ccco1. The van der Waals surface area contributed by atoms with E-state index in [1.165, 1.54) is 0 Å². The molecule has 0 bridgehead atoms. The Morgan fingerprint density at radius 3 is 2.54 bits per heavy atom. The van der Waals surface area contributed by atoms with E-state index >= 15 is 0 Å². The molecule has 3 aromatic rings. The monoisotopic (exact) mass is 380 g/mol. The third-order valence-corrected chi connectivity index (χ3v) is 3.85. The molecule has 7 heteroatoms. The summed E-state index contributed by atoms with van der Waals surface area (Å²) >= 11 is 0. The highest BCUT2D eigenvalue weighted by atomic mass is 16.5. The van der Waals surface area contributed by atoms with Gasteiger partial charge in [0.05, 0.1) is 26.5 Å². The van der Waals surface area contributed by atoms with Crippen molar-refractivity contribution in [1.82, 2.24) is 15.6 Å². The molecule has 0 fully saturated rings. The Kier molecular flexibility index (Phi) is 6.89. The second-order valence-electron chi connectivity index (χ2n) is 5.91. The highest BCUT2D eigenvalue weighted by Crippen LogP contribution is 2.22. The van der Waals surface area contributed by atoms with E-state index in [9.17, 15) is 0 Å². The van der Waals surface area contributed by atoms with E-state index in [0.717, 1.165) is 29.6 Å².